The SMILES string of the molecule is CC(Sc1ccc(NC(=O)/C=C/c2ccccc2)cc1)C(=O)Nc1ccc(Cl)cc1Cl. The summed E-state index contributed by atoms with van der Waals surface area (Å²) in [5.41, 5.74) is 2.15. The van der Waals surface area contributed by atoms with Gasteiger partial charge in [0.1, 0.15) is 0 Å². The number of carbonyl (C=O) groups excluding carboxylic acids is 2. The minimum Gasteiger partial charge on any atom is -0.324 e. The molecule has 3 aromatic carbocycles. The minimum absolute atomic E-state index is 0.169. The van der Waals surface area contributed by atoms with E-state index in [2.05, 4.69) is 10.6 Å². The van der Waals surface area contributed by atoms with E-state index in [4.69, 9.17) is 23.2 Å². The fraction of sp³-hybridized carbons (Fsp3) is 0.0833. The van der Waals surface area contributed by atoms with Crippen LogP contribution in [0.3, 0.4) is 0 Å². The van der Waals surface area contributed by atoms with Gasteiger partial charge in [0, 0.05) is 21.7 Å². The third-order valence-corrected chi connectivity index (χ3v) is 5.88. The highest BCUT2D eigenvalue weighted by Crippen LogP contribution is 2.28. The third-order valence-electron chi connectivity index (χ3n) is 4.22. The molecule has 158 valence electrons. The number of thioether (sulfide) groups is 1. The van der Waals surface area contributed by atoms with Crippen LogP contribution in [0, 0.1) is 0 Å². The highest BCUT2D eigenvalue weighted by Gasteiger charge is 2.16. The number of halogens is 2. The van der Waals surface area contributed by atoms with E-state index in [1.807, 2.05) is 49.4 Å². The number of rotatable bonds is 7. The second-order valence-corrected chi connectivity index (χ2v) is 8.89. The van der Waals surface area contributed by atoms with Crippen LogP contribution in [0.1, 0.15) is 12.5 Å². The topological polar surface area (TPSA) is 58.2 Å². The Labute approximate surface area is 195 Å². The zero-order chi connectivity index (χ0) is 22.2. The molecule has 0 heterocycles. The minimum atomic E-state index is -0.346. The lowest BCUT2D eigenvalue weighted by atomic mass is 10.2. The van der Waals surface area contributed by atoms with Crippen molar-refractivity contribution in [3.63, 3.8) is 0 Å². The summed E-state index contributed by atoms with van der Waals surface area (Å²) in [4.78, 5) is 25.5. The number of carbonyl (C=O) groups is 2. The summed E-state index contributed by atoms with van der Waals surface area (Å²) in [6.07, 6.45) is 3.25. The highest BCUT2D eigenvalue weighted by molar-refractivity contribution is 8.00. The zero-order valence-corrected chi connectivity index (χ0v) is 19.0. The molecule has 2 N–H and O–H groups in total. The van der Waals surface area contributed by atoms with Crippen molar-refractivity contribution in [2.45, 2.75) is 17.1 Å². The van der Waals surface area contributed by atoms with Crippen molar-refractivity contribution in [2.75, 3.05) is 10.6 Å². The molecule has 0 bridgehead atoms. The smallest absolute Gasteiger partial charge is 0.248 e. The molecule has 0 aliphatic rings. The largest absolute Gasteiger partial charge is 0.324 e. The fourth-order valence-corrected chi connectivity index (χ4v) is 3.94. The summed E-state index contributed by atoms with van der Waals surface area (Å²) in [5.74, 6) is -0.380. The monoisotopic (exact) mass is 470 g/mol. The van der Waals surface area contributed by atoms with Gasteiger partial charge in [-0.25, -0.2) is 0 Å². The van der Waals surface area contributed by atoms with Gasteiger partial charge in [0.15, 0.2) is 0 Å². The molecule has 3 aromatic rings. The van der Waals surface area contributed by atoms with Crippen molar-refractivity contribution < 1.29 is 9.59 Å². The molecule has 0 aromatic heterocycles. The summed E-state index contributed by atoms with van der Waals surface area (Å²) in [6.45, 7) is 1.81. The summed E-state index contributed by atoms with van der Waals surface area (Å²) in [7, 11) is 0. The lowest BCUT2D eigenvalue weighted by Crippen LogP contribution is -2.22. The molecule has 0 aliphatic carbocycles. The molecular weight excluding hydrogens is 451 g/mol. The van der Waals surface area contributed by atoms with Crippen molar-refractivity contribution in [3.05, 3.63) is 94.5 Å². The molecule has 3 rings (SSSR count). The molecule has 0 saturated carbocycles. The molecule has 1 atom stereocenters. The van der Waals surface area contributed by atoms with E-state index in [-0.39, 0.29) is 17.1 Å². The summed E-state index contributed by atoms with van der Waals surface area (Å²) < 4.78 is 0. The first-order chi connectivity index (χ1) is 14.9. The van der Waals surface area contributed by atoms with E-state index in [0.717, 1.165) is 10.5 Å². The first-order valence-corrected chi connectivity index (χ1v) is 11.1. The van der Waals surface area contributed by atoms with Gasteiger partial charge in [-0.15, -0.1) is 11.8 Å². The number of amides is 2. The number of hydrogen-bond acceptors (Lipinski definition) is 3. The van der Waals surface area contributed by atoms with E-state index >= 15 is 0 Å². The van der Waals surface area contributed by atoms with Gasteiger partial charge in [0.25, 0.3) is 0 Å². The molecule has 0 aliphatic heterocycles. The van der Waals surface area contributed by atoms with Crippen LogP contribution in [0.25, 0.3) is 6.08 Å². The number of hydrogen-bond donors (Lipinski definition) is 2. The van der Waals surface area contributed by atoms with Crippen LogP contribution in [0.5, 0.6) is 0 Å². The van der Waals surface area contributed by atoms with Gasteiger partial charge in [0.2, 0.25) is 11.8 Å². The second kappa shape index (κ2) is 11.0. The first kappa shape index (κ1) is 22.9. The van der Waals surface area contributed by atoms with E-state index in [1.54, 1.807) is 36.4 Å². The van der Waals surface area contributed by atoms with Crippen LogP contribution in [-0.2, 0) is 9.59 Å². The van der Waals surface area contributed by atoms with E-state index in [1.165, 1.54) is 17.8 Å². The summed E-state index contributed by atoms with van der Waals surface area (Å²) in [5, 5.41) is 6.18. The third kappa shape index (κ3) is 7.17. The predicted octanol–water partition coefficient (Wildman–Crippen LogP) is 6.76. The maximum absolute atomic E-state index is 12.5. The summed E-state index contributed by atoms with van der Waals surface area (Å²) >= 11 is 13.4. The van der Waals surface area contributed by atoms with Gasteiger partial charge < -0.3 is 10.6 Å². The predicted molar refractivity (Wildman–Crippen MR) is 131 cm³/mol. The van der Waals surface area contributed by atoms with Crippen molar-refractivity contribution >= 4 is 64.2 Å². The average Bonchev–Trinajstić information content (AvgIpc) is 2.76. The second-order valence-electron chi connectivity index (χ2n) is 6.63. The Morgan fingerprint density at radius 1 is 0.935 bits per heavy atom. The Balaban J connectivity index is 1.52. The van der Waals surface area contributed by atoms with Crippen LogP contribution < -0.4 is 10.6 Å². The first-order valence-electron chi connectivity index (χ1n) is 9.47. The number of benzene rings is 3. The van der Waals surface area contributed by atoms with Gasteiger partial charge in [-0.3, -0.25) is 9.59 Å². The lowest BCUT2D eigenvalue weighted by Gasteiger charge is -2.13. The molecule has 1 unspecified atom stereocenters. The van der Waals surface area contributed by atoms with Crippen LogP contribution >= 0.6 is 35.0 Å². The maximum Gasteiger partial charge on any atom is 0.248 e. The lowest BCUT2D eigenvalue weighted by molar-refractivity contribution is -0.115. The maximum atomic E-state index is 12.5. The normalized spacial score (nSPS) is 11.8. The Morgan fingerprint density at radius 3 is 2.32 bits per heavy atom. The Kier molecular flexibility index (Phi) is 8.18. The standard InChI is InChI=1S/C24H20Cl2N2O2S/c1-16(24(30)28-22-13-8-18(25)15-21(22)26)31-20-11-9-19(10-12-20)27-23(29)14-7-17-5-3-2-4-6-17/h2-16H,1H3,(H,27,29)(H,28,30)/b14-7+. The van der Waals surface area contributed by atoms with Crippen molar-refractivity contribution in [1.82, 2.24) is 0 Å². The molecular formula is C24H20Cl2N2O2S. The average molecular weight is 471 g/mol. The highest BCUT2D eigenvalue weighted by atomic mass is 35.5. The van der Waals surface area contributed by atoms with Gasteiger partial charge >= 0.3 is 0 Å². The number of nitrogens with one attached hydrogen (secondary N) is 2. The Hall–Kier alpha value is -2.73. The van der Waals surface area contributed by atoms with E-state index in [0.29, 0.717) is 21.4 Å². The number of anilines is 2. The molecule has 0 fully saturated rings. The van der Waals surface area contributed by atoms with E-state index in [9.17, 15) is 9.59 Å². The van der Waals surface area contributed by atoms with Crippen LogP contribution in [0.15, 0.2) is 83.8 Å². The molecule has 0 radical (unpaired) electrons. The molecule has 2 amide bonds. The molecule has 0 spiro atoms. The zero-order valence-electron chi connectivity index (χ0n) is 16.6. The van der Waals surface area contributed by atoms with Gasteiger partial charge in [0.05, 0.1) is 16.0 Å². The van der Waals surface area contributed by atoms with Crippen molar-refractivity contribution in [2.24, 2.45) is 0 Å². The van der Waals surface area contributed by atoms with E-state index < -0.39 is 0 Å². The van der Waals surface area contributed by atoms with Gasteiger partial charge in [-0.2, -0.15) is 0 Å². The quantitative estimate of drug-likeness (QED) is 0.296. The molecule has 4 nitrogen and oxygen atoms in total. The summed E-state index contributed by atoms with van der Waals surface area (Å²) in [6, 6.07) is 21.9. The van der Waals surface area contributed by atoms with Crippen molar-refractivity contribution in [3.8, 4) is 0 Å². The molecule has 7 heteroatoms. The molecule has 31 heavy (non-hydrogen) atoms. The van der Waals surface area contributed by atoms with Gasteiger partial charge in [-0.1, -0.05) is 53.5 Å². The van der Waals surface area contributed by atoms with Crippen LogP contribution in [-0.4, -0.2) is 17.1 Å². The Bertz CT molecular complexity index is 1090. The van der Waals surface area contributed by atoms with Gasteiger partial charge in [-0.05, 0) is 61.0 Å². The van der Waals surface area contributed by atoms with Crippen LogP contribution in [0.4, 0.5) is 11.4 Å². The molecule has 0 saturated heterocycles. The van der Waals surface area contributed by atoms with Crippen molar-refractivity contribution in [1.29, 1.82) is 0 Å². The fourth-order valence-electron chi connectivity index (χ4n) is 2.62. The van der Waals surface area contributed by atoms with Crippen LogP contribution in [0.2, 0.25) is 10.0 Å². The Morgan fingerprint density at radius 2 is 1.65 bits per heavy atom.